The minimum absolute atomic E-state index is 0. The van der Waals surface area contributed by atoms with Crippen LogP contribution in [0, 0.1) is 0 Å². The fraction of sp³-hybridized carbons (Fsp3) is 0.500. The summed E-state index contributed by atoms with van der Waals surface area (Å²) in [7, 11) is -4.45. The Morgan fingerprint density at radius 3 is 2.52 bits per heavy atom. The third kappa shape index (κ3) is 13.4. The van der Waals surface area contributed by atoms with Crippen molar-refractivity contribution in [3.8, 4) is 5.75 Å². The largest absolute Gasteiger partial charge is 1.00 e. The molecule has 0 bridgehead atoms. The van der Waals surface area contributed by atoms with Gasteiger partial charge in [0.15, 0.2) is 0 Å². The third-order valence-electron chi connectivity index (χ3n) is 2.92. The molecular formula is C16H23NaO7S. The number of hydrogen-bond donors (Lipinski definition) is 1. The summed E-state index contributed by atoms with van der Waals surface area (Å²) < 4.78 is 48.2. The van der Waals surface area contributed by atoms with Gasteiger partial charge in [0.1, 0.15) is 18.5 Å². The maximum atomic E-state index is 10.6. The molecule has 0 radical (unpaired) electrons. The summed E-state index contributed by atoms with van der Waals surface area (Å²) in [6.45, 7) is 4.49. The Kier molecular flexibility index (Phi) is 13.5. The molecule has 0 aliphatic rings. The number of aliphatic hydroxyl groups excluding tert-OH is 1. The molecule has 25 heavy (non-hydrogen) atoms. The smallest absolute Gasteiger partial charge is 0.748 e. The van der Waals surface area contributed by atoms with Crippen molar-refractivity contribution in [1.29, 1.82) is 0 Å². The molecule has 0 spiro atoms. The average molecular weight is 382 g/mol. The summed E-state index contributed by atoms with van der Waals surface area (Å²) >= 11 is 0. The molecule has 2 unspecified atom stereocenters. The van der Waals surface area contributed by atoms with E-state index in [-0.39, 0.29) is 55.8 Å². The number of ether oxygens (including phenoxy) is 3. The third-order valence-corrected chi connectivity index (χ3v) is 3.71. The summed E-state index contributed by atoms with van der Waals surface area (Å²) in [6.07, 6.45) is -0.0126. The summed E-state index contributed by atoms with van der Waals surface area (Å²) in [5.74, 6) is -0.138. The molecule has 136 valence electrons. The van der Waals surface area contributed by atoms with Gasteiger partial charge in [0.05, 0.1) is 35.2 Å². The maximum absolute atomic E-state index is 10.6. The van der Waals surface area contributed by atoms with Gasteiger partial charge in [-0.3, -0.25) is 0 Å². The SMILES string of the molecule is C=CCOCC(COc1ccccc1)OCCC(O)CS(=O)(=O)[O-].[Na+]. The van der Waals surface area contributed by atoms with E-state index in [1.165, 1.54) is 0 Å². The minimum atomic E-state index is -4.45. The second kappa shape index (κ2) is 13.7. The van der Waals surface area contributed by atoms with Gasteiger partial charge in [-0.15, -0.1) is 6.58 Å². The van der Waals surface area contributed by atoms with Gasteiger partial charge >= 0.3 is 29.6 Å². The maximum Gasteiger partial charge on any atom is 1.00 e. The van der Waals surface area contributed by atoms with Crippen LogP contribution < -0.4 is 34.3 Å². The van der Waals surface area contributed by atoms with Crippen LogP contribution in [0.2, 0.25) is 0 Å². The molecule has 0 amide bonds. The van der Waals surface area contributed by atoms with Crippen LogP contribution in [-0.2, 0) is 19.6 Å². The molecule has 1 aromatic rings. The Morgan fingerprint density at radius 1 is 1.24 bits per heavy atom. The molecule has 0 fully saturated rings. The Morgan fingerprint density at radius 2 is 1.92 bits per heavy atom. The van der Waals surface area contributed by atoms with E-state index in [4.69, 9.17) is 14.2 Å². The number of para-hydroxylation sites is 1. The second-order valence-electron chi connectivity index (χ2n) is 5.11. The van der Waals surface area contributed by atoms with Crippen LogP contribution in [0.1, 0.15) is 6.42 Å². The van der Waals surface area contributed by atoms with Crippen LogP contribution in [0.5, 0.6) is 5.75 Å². The van der Waals surface area contributed by atoms with Crippen molar-refractivity contribution in [3.05, 3.63) is 43.0 Å². The number of rotatable bonds is 13. The first-order chi connectivity index (χ1) is 11.4. The molecule has 0 heterocycles. The van der Waals surface area contributed by atoms with Crippen molar-refractivity contribution < 1.29 is 61.8 Å². The molecule has 0 saturated heterocycles. The van der Waals surface area contributed by atoms with E-state index < -0.39 is 28.1 Å². The number of hydrogen-bond acceptors (Lipinski definition) is 7. The predicted molar refractivity (Wildman–Crippen MR) is 87.9 cm³/mol. The van der Waals surface area contributed by atoms with Gasteiger partial charge < -0.3 is 23.9 Å². The topological polar surface area (TPSA) is 105 Å². The summed E-state index contributed by atoms with van der Waals surface area (Å²) in [5.41, 5.74) is 0. The average Bonchev–Trinajstić information content (AvgIpc) is 2.51. The van der Waals surface area contributed by atoms with Crippen molar-refractivity contribution >= 4 is 10.1 Å². The minimum Gasteiger partial charge on any atom is -0.748 e. The molecule has 7 nitrogen and oxygen atoms in total. The number of benzene rings is 1. The zero-order chi connectivity index (χ0) is 17.8. The van der Waals surface area contributed by atoms with E-state index in [2.05, 4.69) is 6.58 Å². The van der Waals surface area contributed by atoms with Crippen molar-refractivity contribution in [2.24, 2.45) is 0 Å². The van der Waals surface area contributed by atoms with E-state index in [9.17, 15) is 18.1 Å². The molecular weight excluding hydrogens is 359 g/mol. The van der Waals surface area contributed by atoms with E-state index >= 15 is 0 Å². The monoisotopic (exact) mass is 382 g/mol. The first kappa shape index (κ1) is 24.6. The van der Waals surface area contributed by atoms with E-state index in [0.717, 1.165) is 0 Å². The second-order valence-corrected chi connectivity index (χ2v) is 6.56. The molecule has 9 heteroatoms. The van der Waals surface area contributed by atoms with Gasteiger partial charge in [0.2, 0.25) is 0 Å². The Bertz CT molecular complexity index is 565. The van der Waals surface area contributed by atoms with Crippen LogP contribution in [-0.4, -0.2) is 62.5 Å². The van der Waals surface area contributed by atoms with Gasteiger partial charge in [-0.25, -0.2) is 8.42 Å². The molecule has 0 aliphatic heterocycles. The van der Waals surface area contributed by atoms with Crippen molar-refractivity contribution in [2.45, 2.75) is 18.6 Å². The van der Waals surface area contributed by atoms with E-state index in [1.807, 2.05) is 30.3 Å². The van der Waals surface area contributed by atoms with Gasteiger partial charge in [-0.2, -0.15) is 0 Å². The van der Waals surface area contributed by atoms with Crippen molar-refractivity contribution in [2.75, 3.05) is 32.2 Å². The van der Waals surface area contributed by atoms with Gasteiger partial charge in [0.25, 0.3) is 0 Å². The van der Waals surface area contributed by atoms with Gasteiger partial charge in [-0.1, -0.05) is 24.3 Å². The summed E-state index contributed by atoms with van der Waals surface area (Å²) in [6, 6.07) is 9.19. The van der Waals surface area contributed by atoms with Gasteiger partial charge in [-0.05, 0) is 18.6 Å². The molecule has 1 rings (SSSR count). The molecule has 0 saturated carbocycles. The predicted octanol–water partition coefficient (Wildman–Crippen LogP) is -2.05. The van der Waals surface area contributed by atoms with Crippen LogP contribution in [0.15, 0.2) is 43.0 Å². The van der Waals surface area contributed by atoms with Crippen LogP contribution >= 0.6 is 0 Å². The Hall–Kier alpha value is -0.450. The normalized spacial score (nSPS) is 13.5. The van der Waals surface area contributed by atoms with Crippen LogP contribution in [0.25, 0.3) is 0 Å². The van der Waals surface area contributed by atoms with E-state index in [0.29, 0.717) is 12.4 Å². The van der Waals surface area contributed by atoms with Crippen LogP contribution in [0.4, 0.5) is 0 Å². The first-order valence-corrected chi connectivity index (χ1v) is 9.08. The zero-order valence-electron chi connectivity index (χ0n) is 14.4. The van der Waals surface area contributed by atoms with Crippen molar-refractivity contribution in [1.82, 2.24) is 0 Å². The fourth-order valence-corrected chi connectivity index (χ4v) is 2.46. The molecule has 1 aromatic carbocycles. The number of aliphatic hydroxyl groups is 1. The zero-order valence-corrected chi connectivity index (χ0v) is 17.2. The molecule has 0 aromatic heterocycles. The molecule has 0 aliphatic carbocycles. The van der Waals surface area contributed by atoms with E-state index in [1.54, 1.807) is 6.08 Å². The summed E-state index contributed by atoms with van der Waals surface area (Å²) in [5, 5.41) is 9.48. The Labute approximate surface area is 171 Å². The fourth-order valence-electron chi connectivity index (χ4n) is 1.82. The molecule has 2 atom stereocenters. The standard InChI is InChI=1S/C16H24O7S.Na/c1-2-9-21-11-16(12-23-15-6-4-3-5-7-15)22-10-8-14(17)13-24(18,19)20;/h2-7,14,16-17H,1,8-13H2,(H,18,19,20);/q;+1/p-1. The van der Waals surface area contributed by atoms with Crippen molar-refractivity contribution in [3.63, 3.8) is 0 Å². The van der Waals surface area contributed by atoms with Crippen LogP contribution in [0.3, 0.4) is 0 Å². The molecule has 1 N–H and O–H groups in total. The van der Waals surface area contributed by atoms with Gasteiger partial charge in [0, 0.05) is 6.61 Å². The Balaban J connectivity index is 0.00000576. The first-order valence-electron chi connectivity index (χ1n) is 7.50. The summed E-state index contributed by atoms with van der Waals surface area (Å²) in [4.78, 5) is 0. The quantitative estimate of drug-likeness (QED) is 0.181.